The Morgan fingerprint density at radius 2 is 1.58 bits per heavy atom. The number of nitrogens with one attached hydrogen (secondary N) is 2. The zero-order chi connectivity index (χ0) is 31.1. The Bertz CT molecular complexity index is 1820. The molecule has 2 N–H and O–H groups in total. The summed E-state index contributed by atoms with van der Waals surface area (Å²) in [7, 11) is 0. The summed E-state index contributed by atoms with van der Waals surface area (Å²) < 4.78 is 0. The molecule has 214 valence electrons. The van der Waals surface area contributed by atoms with E-state index in [1.807, 2.05) is 6.07 Å². The lowest BCUT2D eigenvalue weighted by molar-refractivity contribution is -0.393. The topological polar surface area (TPSA) is 250 Å². The maximum Gasteiger partial charge on any atom is 0.299 e. The highest BCUT2D eigenvalue weighted by molar-refractivity contribution is 7.10. The first-order valence-electron chi connectivity index (χ1n) is 11.7. The van der Waals surface area contributed by atoms with Gasteiger partial charge in [-0.1, -0.05) is 0 Å². The number of non-ortho nitro benzene ring substituents is 2. The van der Waals surface area contributed by atoms with Crippen LogP contribution < -0.4 is 10.7 Å². The lowest BCUT2D eigenvalue weighted by Gasteiger charge is -2.12. The number of pyridine rings is 1. The molecule has 0 fully saturated rings. The van der Waals surface area contributed by atoms with E-state index >= 15 is 0 Å². The second kappa shape index (κ2) is 12.8. The molecule has 4 rings (SSSR count). The van der Waals surface area contributed by atoms with E-state index in [1.54, 1.807) is 0 Å². The predicted octanol–water partition coefficient (Wildman–Crippen LogP) is 3.96. The first-order valence-corrected chi connectivity index (χ1v) is 12.6. The van der Waals surface area contributed by atoms with Crippen molar-refractivity contribution < 1.29 is 24.4 Å². The van der Waals surface area contributed by atoms with Crippen molar-refractivity contribution in [1.29, 1.82) is 5.26 Å². The van der Waals surface area contributed by atoms with Crippen molar-refractivity contribution in [1.82, 2.24) is 15.4 Å². The number of benzene rings is 2. The van der Waals surface area contributed by atoms with Crippen molar-refractivity contribution >= 4 is 51.6 Å². The lowest BCUT2D eigenvalue weighted by Crippen LogP contribution is -2.32. The summed E-state index contributed by atoms with van der Waals surface area (Å²) in [5.41, 5.74) is 0.489. The maximum atomic E-state index is 13.4. The molecular weight excluding hydrogens is 586 g/mol. The Hall–Kier alpha value is -6.48. The van der Waals surface area contributed by atoms with Gasteiger partial charge in [-0.25, -0.2) is 10.4 Å². The predicted molar refractivity (Wildman–Crippen MR) is 150 cm³/mol. The van der Waals surface area contributed by atoms with Crippen LogP contribution >= 0.6 is 11.3 Å². The monoisotopic (exact) mass is 601 g/mol. The average molecular weight is 602 g/mol. The van der Waals surface area contributed by atoms with Gasteiger partial charge in [-0.05, 0) is 30.3 Å². The Labute approximate surface area is 243 Å². The van der Waals surface area contributed by atoms with E-state index in [1.165, 1.54) is 54.2 Å². The van der Waals surface area contributed by atoms with Gasteiger partial charge in [-0.2, -0.15) is 10.4 Å². The molecule has 0 aliphatic rings. The second-order valence-electron chi connectivity index (χ2n) is 8.28. The smallest absolute Gasteiger partial charge is 0.299 e. The van der Waals surface area contributed by atoms with Gasteiger partial charge in [0, 0.05) is 47.1 Å². The highest BCUT2D eigenvalue weighted by atomic mass is 32.1. The van der Waals surface area contributed by atoms with Crippen molar-refractivity contribution in [2.75, 3.05) is 5.32 Å². The number of hydrogen-bond acceptors (Lipinski definition) is 13. The van der Waals surface area contributed by atoms with E-state index in [2.05, 4.69) is 25.8 Å². The van der Waals surface area contributed by atoms with Crippen LogP contribution in [0.4, 0.5) is 22.7 Å². The molecule has 43 heavy (non-hydrogen) atoms. The fraction of sp³-hybridized carbons (Fsp3) is 0.0400. The van der Waals surface area contributed by atoms with Crippen molar-refractivity contribution in [2.24, 2.45) is 5.10 Å². The van der Waals surface area contributed by atoms with Crippen LogP contribution in [-0.2, 0) is 4.79 Å². The van der Waals surface area contributed by atoms with Gasteiger partial charge in [0.1, 0.15) is 22.3 Å². The third kappa shape index (κ3) is 6.82. The van der Waals surface area contributed by atoms with Gasteiger partial charge >= 0.3 is 0 Å². The molecule has 18 heteroatoms. The quantitative estimate of drug-likeness (QED) is 0.149. The fourth-order valence-electron chi connectivity index (χ4n) is 3.54. The van der Waals surface area contributed by atoms with Crippen LogP contribution in [0.15, 0.2) is 77.5 Å². The van der Waals surface area contributed by atoms with Crippen molar-refractivity contribution in [2.45, 2.75) is 5.92 Å². The normalized spacial score (nSPS) is 11.6. The summed E-state index contributed by atoms with van der Waals surface area (Å²) in [5, 5.41) is 51.3. The molecule has 0 radical (unpaired) electrons. The summed E-state index contributed by atoms with van der Waals surface area (Å²) in [6.45, 7) is 0. The number of thiazole rings is 1. The molecule has 4 aromatic rings. The van der Waals surface area contributed by atoms with E-state index < -0.39 is 55.3 Å². The summed E-state index contributed by atoms with van der Waals surface area (Å²) in [6, 6.07) is 12.6. The number of nitro benzene ring substituents is 3. The van der Waals surface area contributed by atoms with E-state index in [4.69, 9.17) is 0 Å². The number of aromatic nitrogens is 2. The number of carbonyl (C=O) groups is 2. The third-order valence-electron chi connectivity index (χ3n) is 5.64. The molecule has 0 spiro atoms. The number of hydrogen-bond donors (Lipinski definition) is 2. The van der Waals surface area contributed by atoms with Crippen LogP contribution in [0.5, 0.6) is 0 Å². The molecule has 0 saturated heterocycles. The van der Waals surface area contributed by atoms with E-state index in [-0.39, 0.29) is 16.3 Å². The number of nitro groups is 3. The minimum atomic E-state index is -1.51. The van der Waals surface area contributed by atoms with Gasteiger partial charge in [0.15, 0.2) is 0 Å². The second-order valence-corrected chi connectivity index (χ2v) is 9.17. The molecule has 1 atom stereocenters. The number of rotatable bonds is 10. The molecule has 2 aromatic heterocycles. The van der Waals surface area contributed by atoms with Gasteiger partial charge in [0.05, 0.1) is 32.6 Å². The Morgan fingerprint density at radius 3 is 2.19 bits per heavy atom. The van der Waals surface area contributed by atoms with Crippen LogP contribution in [-0.4, -0.2) is 42.3 Å². The summed E-state index contributed by atoms with van der Waals surface area (Å²) in [4.78, 5) is 65.4. The van der Waals surface area contributed by atoms with Crippen molar-refractivity contribution in [3.05, 3.63) is 113 Å². The minimum absolute atomic E-state index is 0.0427. The molecule has 0 saturated carbocycles. The molecule has 17 nitrogen and oxygen atoms in total. The van der Waals surface area contributed by atoms with Gasteiger partial charge in [-0.3, -0.25) is 44.9 Å². The van der Waals surface area contributed by atoms with Crippen LogP contribution in [0.3, 0.4) is 0 Å². The number of hydrazone groups is 1. The molecule has 0 aliphatic heterocycles. The average Bonchev–Trinajstić information content (AvgIpc) is 3.49. The standard InChI is InChI=1S/C25H15N9O8S/c26-12-18(25-29-20(13-43-25)14-1-3-16(4-2-14)32(37)38)22(30-31-23(35)15-7-9-27-10-8-15)24(36)28-19-6-5-17(33(39)40)11-21(19)34(41)42/h1-11,13,18H,(H,28,36)(H,31,35)/b30-22-/t18-/m0/s1. The first-order chi connectivity index (χ1) is 20.6. The Morgan fingerprint density at radius 1 is 0.930 bits per heavy atom. The molecule has 2 amide bonds. The lowest BCUT2D eigenvalue weighted by atomic mass is 10.0. The van der Waals surface area contributed by atoms with Gasteiger partial charge < -0.3 is 5.32 Å². The number of nitriles is 1. The zero-order valence-electron chi connectivity index (χ0n) is 21.3. The van der Waals surface area contributed by atoms with E-state index in [0.29, 0.717) is 17.3 Å². The SMILES string of the molecule is N#C[C@@H](/C(=N/NC(=O)c1ccncc1)C(=O)Nc1ccc([N+](=O)[O-])cc1[N+](=O)[O-])c1nc(-c2ccc([N+](=O)[O-])cc2)cs1. The minimum Gasteiger partial charge on any atom is -0.315 e. The Balaban J connectivity index is 1.71. The van der Waals surface area contributed by atoms with Gasteiger partial charge in [0.25, 0.3) is 28.9 Å². The first kappa shape index (κ1) is 29.5. The molecule has 2 aromatic carbocycles. The van der Waals surface area contributed by atoms with E-state index in [9.17, 15) is 45.2 Å². The summed E-state index contributed by atoms with van der Waals surface area (Å²) in [5.74, 6) is -3.42. The highest BCUT2D eigenvalue weighted by Crippen LogP contribution is 2.31. The van der Waals surface area contributed by atoms with Gasteiger partial charge in [0.2, 0.25) is 0 Å². The largest absolute Gasteiger partial charge is 0.315 e. The maximum absolute atomic E-state index is 13.4. The van der Waals surface area contributed by atoms with Crippen molar-refractivity contribution in [3.63, 3.8) is 0 Å². The number of nitrogens with zero attached hydrogens (tertiary/aromatic N) is 7. The van der Waals surface area contributed by atoms with Crippen LogP contribution in [0.25, 0.3) is 11.3 Å². The Kier molecular flexibility index (Phi) is 8.78. The third-order valence-corrected chi connectivity index (χ3v) is 6.54. The zero-order valence-corrected chi connectivity index (χ0v) is 22.1. The highest BCUT2D eigenvalue weighted by Gasteiger charge is 2.30. The van der Waals surface area contributed by atoms with Crippen molar-refractivity contribution in [3.8, 4) is 17.3 Å². The summed E-state index contributed by atoms with van der Waals surface area (Å²) >= 11 is 0.951. The molecule has 0 unspecified atom stereocenters. The number of carbonyl (C=O) groups excluding carboxylic acids is 2. The van der Waals surface area contributed by atoms with Crippen LogP contribution in [0.2, 0.25) is 0 Å². The molecule has 2 heterocycles. The van der Waals surface area contributed by atoms with E-state index in [0.717, 1.165) is 23.5 Å². The molecule has 0 bridgehead atoms. The number of anilines is 1. The molecule has 0 aliphatic carbocycles. The van der Waals surface area contributed by atoms with Crippen LogP contribution in [0, 0.1) is 41.7 Å². The molecular formula is C25H15N9O8S. The van der Waals surface area contributed by atoms with Gasteiger partial charge in [-0.15, -0.1) is 11.3 Å². The van der Waals surface area contributed by atoms with Crippen LogP contribution in [0.1, 0.15) is 21.3 Å². The number of amides is 2. The fourth-order valence-corrected chi connectivity index (χ4v) is 4.41. The summed E-state index contributed by atoms with van der Waals surface area (Å²) in [6.07, 6.45) is 2.68.